The van der Waals surface area contributed by atoms with Crippen molar-refractivity contribution in [2.24, 2.45) is 0 Å². The van der Waals surface area contributed by atoms with Gasteiger partial charge in [-0.15, -0.1) is 11.3 Å². The second-order valence-corrected chi connectivity index (χ2v) is 8.37. The number of fused-ring (bicyclic) bond motifs is 2. The van der Waals surface area contributed by atoms with Gasteiger partial charge in [-0.25, -0.2) is 0 Å². The maximum absolute atomic E-state index is 11.9. The summed E-state index contributed by atoms with van der Waals surface area (Å²) in [7, 11) is 0. The zero-order chi connectivity index (χ0) is 20.9. The highest BCUT2D eigenvalue weighted by atomic mass is 32.1. The van der Waals surface area contributed by atoms with Gasteiger partial charge in [0.05, 0.1) is 29.4 Å². The number of nitrogens with zero attached hydrogens (tertiary/aromatic N) is 2. The lowest BCUT2D eigenvalue weighted by atomic mass is 9.95. The molecule has 2 heterocycles. The number of ether oxygens (including phenoxy) is 1. The first-order valence-electron chi connectivity index (χ1n) is 10.2. The van der Waals surface area contributed by atoms with Gasteiger partial charge in [0.15, 0.2) is 0 Å². The highest BCUT2D eigenvalue weighted by molar-refractivity contribution is 7.19. The van der Waals surface area contributed by atoms with E-state index in [1.165, 1.54) is 0 Å². The van der Waals surface area contributed by atoms with Crippen molar-refractivity contribution in [3.05, 3.63) is 65.3 Å². The molecule has 30 heavy (non-hydrogen) atoms. The molecule has 0 saturated heterocycles. The number of aromatic nitrogens is 1. The van der Waals surface area contributed by atoms with Crippen LogP contribution in [0.3, 0.4) is 0 Å². The first kappa shape index (κ1) is 20.1. The van der Waals surface area contributed by atoms with Gasteiger partial charge in [0.1, 0.15) is 0 Å². The monoisotopic (exact) mass is 414 g/mol. The predicted octanol–water partition coefficient (Wildman–Crippen LogP) is 6.26. The molecule has 150 valence electrons. The Kier molecular flexibility index (Phi) is 6.06. The summed E-state index contributed by atoms with van der Waals surface area (Å²) >= 11 is 1.67. The van der Waals surface area contributed by atoms with Gasteiger partial charge in [0, 0.05) is 33.6 Å². The topological polar surface area (TPSA) is 63.0 Å². The lowest BCUT2D eigenvalue weighted by Crippen LogP contribution is -2.06. The summed E-state index contributed by atoms with van der Waals surface area (Å²) in [4.78, 5) is 17.5. The normalized spacial score (nSPS) is 10.9. The number of thiophene rings is 1. The van der Waals surface area contributed by atoms with E-state index in [2.05, 4.69) is 24.0 Å². The largest absolute Gasteiger partial charge is 0.466 e. The Morgan fingerprint density at radius 2 is 1.93 bits per heavy atom. The molecule has 0 atom stereocenters. The molecule has 0 aliphatic heterocycles. The zero-order valence-corrected chi connectivity index (χ0v) is 17.7. The molecular weight excluding hydrogens is 392 g/mol. The Labute approximate surface area is 179 Å². The van der Waals surface area contributed by atoms with Crippen molar-refractivity contribution in [1.29, 1.82) is 5.26 Å². The average Bonchev–Trinajstić information content (AvgIpc) is 3.20. The van der Waals surface area contributed by atoms with Crippen LogP contribution in [0.2, 0.25) is 0 Å². The molecule has 0 aliphatic rings. The third-order valence-electron chi connectivity index (χ3n) is 5.17. The summed E-state index contributed by atoms with van der Waals surface area (Å²) in [5.74, 6) is -0.141. The number of carbonyl (C=O) groups is 1. The summed E-state index contributed by atoms with van der Waals surface area (Å²) in [5.41, 5.74) is 2.77. The number of nitriles is 1. The van der Waals surface area contributed by atoms with Crippen LogP contribution in [0, 0.1) is 11.3 Å². The van der Waals surface area contributed by atoms with Gasteiger partial charge in [-0.1, -0.05) is 43.7 Å². The summed E-state index contributed by atoms with van der Waals surface area (Å²) in [6.07, 6.45) is 6.73. The van der Waals surface area contributed by atoms with Crippen molar-refractivity contribution in [2.45, 2.75) is 32.6 Å². The van der Waals surface area contributed by atoms with E-state index in [0.29, 0.717) is 25.0 Å². The van der Waals surface area contributed by atoms with Crippen LogP contribution in [-0.2, 0) is 16.0 Å². The average molecular weight is 415 g/mol. The highest BCUT2D eigenvalue weighted by Gasteiger charge is 2.13. The summed E-state index contributed by atoms with van der Waals surface area (Å²) in [6.45, 7) is 2.58. The summed E-state index contributed by atoms with van der Waals surface area (Å²) in [6, 6.07) is 16.3. The molecule has 0 amide bonds. The molecule has 0 bridgehead atoms. The Hall–Kier alpha value is -3.23. The van der Waals surface area contributed by atoms with Crippen LogP contribution < -0.4 is 0 Å². The van der Waals surface area contributed by atoms with Crippen LogP contribution in [0.4, 0.5) is 0 Å². The minimum atomic E-state index is -0.141. The van der Waals surface area contributed by atoms with Crippen LogP contribution >= 0.6 is 11.3 Å². The van der Waals surface area contributed by atoms with E-state index in [4.69, 9.17) is 4.74 Å². The Morgan fingerprint density at radius 1 is 1.10 bits per heavy atom. The van der Waals surface area contributed by atoms with E-state index in [0.717, 1.165) is 49.7 Å². The third kappa shape index (κ3) is 4.05. The van der Waals surface area contributed by atoms with Gasteiger partial charge in [-0.05, 0) is 35.9 Å². The molecule has 5 heteroatoms. The number of rotatable bonds is 7. The molecule has 0 fully saturated rings. The number of esters is 1. The van der Waals surface area contributed by atoms with Crippen LogP contribution in [0.15, 0.2) is 54.9 Å². The predicted molar refractivity (Wildman–Crippen MR) is 121 cm³/mol. The molecule has 0 radical (unpaired) electrons. The summed E-state index contributed by atoms with van der Waals surface area (Å²) in [5, 5.41) is 12.6. The number of benzene rings is 2. The number of carbonyl (C=O) groups excluding carboxylic acids is 1. The molecule has 0 spiro atoms. The molecule has 2 aromatic carbocycles. The molecule has 0 N–H and O–H groups in total. The molecule has 0 aliphatic carbocycles. The Morgan fingerprint density at radius 3 is 2.73 bits per heavy atom. The highest BCUT2D eigenvalue weighted by Crippen LogP contribution is 2.37. The fraction of sp³-hybridized carbons (Fsp3) is 0.240. The Balaban J connectivity index is 1.66. The van der Waals surface area contributed by atoms with Crippen LogP contribution in [0.5, 0.6) is 0 Å². The lowest BCUT2D eigenvalue weighted by molar-refractivity contribution is -0.143. The molecule has 0 saturated carbocycles. The van der Waals surface area contributed by atoms with E-state index in [9.17, 15) is 10.1 Å². The van der Waals surface area contributed by atoms with Gasteiger partial charge in [0.25, 0.3) is 0 Å². The number of hydrogen-bond donors (Lipinski definition) is 0. The summed E-state index contributed by atoms with van der Waals surface area (Å²) < 4.78 is 6.36. The second kappa shape index (κ2) is 9.06. The fourth-order valence-corrected chi connectivity index (χ4v) is 4.67. The minimum Gasteiger partial charge on any atom is -0.466 e. The first-order valence-corrected chi connectivity index (χ1v) is 11.0. The van der Waals surface area contributed by atoms with Crippen LogP contribution in [-0.4, -0.2) is 17.6 Å². The molecule has 0 unspecified atom stereocenters. The van der Waals surface area contributed by atoms with E-state index in [1.54, 1.807) is 11.3 Å². The van der Waals surface area contributed by atoms with Crippen molar-refractivity contribution < 1.29 is 9.53 Å². The SMILES string of the molecule is CCCCOC(=O)CCc1cc2c(-c3ccc(C#N)c4ccccc34)cncc2s1. The maximum atomic E-state index is 11.9. The van der Waals surface area contributed by atoms with Crippen LogP contribution in [0.1, 0.15) is 36.6 Å². The third-order valence-corrected chi connectivity index (χ3v) is 6.30. The Bertz CT molecular complexity index is 1250. The van der Waals surface area contributed by atoms with Crippen molar-refractivity contribution in [3.63, 3.8) is 0 Å². The lowest BCUT2D eigenvalue weighted by Gasteiger charge is -2.09. The maximum Gasteiger partial charge on any atom is 0.306 e. The first-order chi connectivity index (χ1) is 14.7. The number of unbranched alkanes of at least 4 members (excludes halogenated alkanes) is 1. The van der Waals surface area contributed by atoms with Crippen molar-refractivity contribution in [2.75, 3.05) is 6.61 Å². The second-order valence-electron chi connectivity index (χ2n) is 7.20. The van der Waals surface area contributed by atoms with E-state index in [1.807, 2.05) is 48.8 Å². The van der Waals surface area contributed by atoms with Crippen molar-refractivity contribution in [3.8, 4) is 17.2 Å². The smallest absolute Gasteiger partial charge is 0.306 e. The van der Waals surface area contributed by atoms with Gasteiger partial charge in [-0.2, -0.15) is 5.26 Å². The van der Waals surface area contributed by atoms with Crippen molar-refractivity contribution >= 4 is 38.2 Å². The number of pyridine rings is 1. The minimum absolute atomic E-state index is 0.141. The van der Waals surface area contributed by atoms with E-state index < -0.39 is 0 Å². The molecule has 4 rings (SSSR count). The van der Waals surface area contributed by atoms with E-state index in [-0.39, 0.29) is 5.97 Å². The van der Waals surface area contributed by atoms with Gasteiger partial charge >= 0.3 is 5.97 Å². The standard InChI is InChI=1S/C25H22N2O2S/c1-2-3-12-29-25(28)11-9-18-13-22-23(15-27-16-24(22)30-18)21-10-8-17(14-26)19-6-4-5-7-20(19)21/h4-8,10,13,15-16H,2-3,9,11-12H2,1H3. The number of hydrogen-bond acceptors (Lipinski definition) is 5. The zero-order valence-electron chi connectivity index (χ0n) is 16.9. The fourth-order valence-electron chi connectivity index (χ4n) is 3.61. The van der Waals surface area contributed by atoms with Crippen LogP contribution in [0.25, 0.3) is 32.0 Å². The molecule has 4 aromatic rings. The van der Waals surface area contributed by atoms with Gasteiger partial charge in [0.2, 0.25) is 0 Å². The quantitative estimate of drug-likeness (QED) is 0.264. The van der Waals surface area contributed by atoms with E-state index >= 15 is 0 Å². The van der Waals surface area contributed by atoms with Crippen molar-refractivity contribution in [1.82, 2.24) is 4.98 Å². The van der Waals surface area contributed by atoms with Gasteiger partial charge in [-0.3, -0.25) is 9.78 Å². The van der Waals surface area contributed by atoms with Gasteiger partial charge < -0.3 is 4.74 Å². The molecular formula is C25H22N2O2S. The number of aryl methyl sites for hydroxylation is 1. The molecule has 2 aromatic heterocycles. The molecule has 4 nitrogen and oxygen atoms in total.